The third-order valence-electron chi connectivity index (χ3n) is 4.75. The van der Waals surface area contributed by atoms with E-state index in [0.717, 1.165) is 6.42 Å². The highest BCUT2D eigenvalue weighted by Gasteiger charge is 2.62. The molecule has 0 radical (unpaired) electrons. The third-order valence-corrected chi connectivity index (χ3v) is 4.75. The molecule has 0 aromatic rings. The second kappa shape index (κ2) is 4.20. The molecule has 1 N–H and O–H groups in total. The van der Waals surface area contributed by atoms with Crippen molar-refractivity contribution in [1.82, 2.24) is 0 Å². The fourth-order valence-corrected chi connectivity index (χ4v) is 2.65. The minimum absolute atomic E-state index is 0.0537. The smallest absolute Gasteiger partial charge is 0.335 e. The monoisotopic (exact) mass is 269 g/mol. The number of aliphatic hydroxyl groups is 1. The molecule has 2 aliphatic rings. The van der Waals surface area contributed by atoms with E-state index < -0.39 is 11.1 Å². The highest BCUT2D eigenvalue weighted by atomic mass is 16.6. The summed E-state index contributed by atoms with van der Waals surface area (Å²) >= 11 is 0. The Labute approximate surface area is 114 Å². The van der Waals surface area contributed by atoms with Crippen LogP contribution in [0.1, 0.15) is 40.5 Å². The van der Waals surface area contributed by atoms with Crippen LogP contribution in [0.5, 0.6) is 0 Å². The van der Waals surface area contributed by atoms with E-state index in [-0.39, 0.29) is 23.9 Å². The lowest BCUT2D eigenvalue weighted by Gasteiger charge is -2.51. The normalized spacial score (nSPS) is 38.5. The molecule has 5 nitrogen and oxygen atoms in total. The number of nitrogens with zero attached hydrogens (tertiary/aromatic N) is 1. The molecule has 2 rings (SSSR count). The van der Waals surface area contributed by atoms with Crippen LogP contribution in [-0.4, -0.2) is 41.8 Å². The number of cyclic esters (lactones) is 1. The largest absolute Gasteiger partial charge is 0.481 e. The van der Waals surface area contributed by atoms with Gasteiger partial charge in [0.2, 0.25) is 5.90 Å². The summed E-state index contributed by atoms with van der Waals surface area (Å²) in [5.41, 5.74) is -2.12. The van der Waals surface area contributed by atoms with Crippen LogP contribution in [0.15, 0.2) is 4.99 Å². The molecule has 0 amide bonds. The zero-order chi connectivity index (χ0) is 14.5. The van der Waals surface area contributed by atoms with Gasteiger partial charge < -0.3 is 14.6 Å². The molecule has 1 spiro atoms. The minimum atomic E-state index is -0.926. The number of hydrogen-bond acceptors (Lipinski definition) is 5. The van der Waals surface area contributed by atoms with E-state index in [1.54, 1.807) is 7.11 Å². The summed E-state index contributed by atoms with van der Waals surface area (Å²) in [4.78, 5) is 16.9. The van der Waals surface area contributed by atoms with Crippen LogP contribution in [0.4, 0.5) is 0 Å². The van der Waals surface area contributed by atoms with Crippen LogP contribution in [0.2, 0.25) is 0 Å². The number of carbonyl (C=O) groups excluding carboxylic acids is 1. The van der Waals surface area contributed by atoms with Crippen molar-refractivity contribution in [2.24, 2.45) is 16.3 Å². The first kappa shape index (κ1) is 14.3. The van der Waals surface area contributed by atoms with Crippen molar-refractivity contribution in [3.63, 3.8) is 0 Å². The molecule has 1 aliphatic carbocycles. The van der Waals surface area contributed by atoms with Gasteiger partial charge in [0.1, 0.15) is 0 Å². The van der Waals surface area contributed by atoms with Crippen molar-refractivity contribution >= 4 is 11.9 Å². The summed E-state index contributed by atoms with van der Waals surface area (Å²) in [6.45, 7) is 7.72. The van der Waals surface area contributed by atoms with Crippen LogP contribution >= 0.6 is 0 Å². The zero-order valence-electron chi connectivity index (χ0n) is 12.3. The first-order valence-corrected chi connectivity index (χ1v) is 6.70. The summed E-state index contributed by atoms with van der Waals surface area (Å²) in [5, 5.41) is 9.35. The minimum Gasteiger partial charge on any atom is -0.481 e. The maximum Gasteiger partial charge on any atom is 0.335 e. The molecular weight excluding hydrogens is 246 g/mol. The summed E-state index contributed by atoms with van der Waals surface area (Å²) < 4.78 is 11.1. The van der Waals surface area contributed by atoms with E-state index in [4.69, 9.17) is 9.47 Å². The van der Waals surface area contributed by atoms with Crippen LogP contribution < -0.4 is 0 Å². The molecule has 3 atom stereocenters. The van der Waals surface area contributed by atoms with E-state index in [2.05, 4.69) is 4.99 Å². The number of aliphatic imine (C=N–C) groups is 1. The predicted molar refractivity (Wildman–Crippen MR) is 70.9 cm³/mol. The molecule has 1 saturated carbocycles. The molecule has 0 bridgehead atoms. The molecular formula is C14H23NO4. The van der Waals surface area contributed by atoms with E-state index in [9.17, 15) is 9.90 Å². The van der Waals surface area contributed by atoms with Crippen molar-refractivity contribution in [3.05, 3.63) is 0 Å². The summed E-state index contributed by atoms with van der Waals surface area (Å²) in [7, 11) is 1.54. The molecule has 1 fully saturated rings. The van der Waals surface area contributed by atoms with Gasteiger partial charge in [-0.3, -0.25) is 0 Å². The molecule has 0 aromatic carbocycles. The Kier molecular flexibility index (Phi) is 3.16. The highest BCUT2D eigenvalue weighted by Crippen LogP contribution is 2.49. The van der Waals surface area contributed by atoms with Gasteiger partial charge in [-0.15, -0.1) is 0 Å². The van der Waals surface area contributed by atoms with Crippen molar-refractivity contribution in [3.8, 4) is 0 Å². The van der Waals surface area contributed by atoms with Crippen molar-refractivity contribution < 1.29 is 19.4 Å². The predicted octanol–water partition coefficient (Wildman–Crippen LogP) is 1.53. The standard InChI is InChI=1S/C14H23NO4/c1-12(2,3)13(4)10(18-5)15-14(11(17)19-13)7-6-9(14)8-16/h9,16H,6-8H2,1-5H3/t9-,13+,14+/m0/s1. The van der Waals surface area contributed by atoms with Gasteiger partial charge in [0.15, 0.2) is 11.1 Å². The lowest BCUT2D eigenvalue weighted by molar-refractivity contribution is -0.181. The zero-order valence-corrected chi connectivity index (χ0v) is 12.3. The number of methoxy groups -OCH3 is 1. The number of esters is 1. The fraction of sp³-hybridized carbons (Fsp3) is 0.857. The quantitative estimate of drug-likeness (QED) is 0.733. The Morgan fingerprint density at radius 1 is 1.53 bits per heavy atom. The summed E-state index contributed by atoms with van der Waals surface area (Å²) in [6.07, 6.45) is 1.41. The highest BCUT2D eigenvalue weighted by molar-refractivity contribution is 5.97. The fourth-order valence-electron chi connectivity index (χ4n) is 2.65. The Bertz CT molecular complexity index is 424. The number of hydrogen-bond donors (Lipinski definition) is 1. The molecule has 5 heteroatoms. The second-order valence-electron chi connectivity index (χ2n) is 6.64. The van der Waals surface area contributed by atoms with E-state index in [1.807, 2.05) is 27.7 Å². The van der Waals surface area contributed by atoms with Gasteiger partial charge >= 0.3 is 5.97 Å². The van der Waals surface area contributed by atoms with Gasteiger partial charge in [0, 0.05) is 17.9 Å². The third kappa shape index (κ3) is 1.78. The lowest BCUT2D eigenvalue weighted by atomic mass is 9.65. The second-order valence-corrected chi connectivity index (χ2v) is 6.64. The SMILES string of the molecule is COC1=N[C@@]2(CC[C@H]2CO)C(=O)O[C@@]1(C)C(C)(C)C. The molecule has 19 heavy (non-hydrogen) atoms. The van der Waals surface area contributed by atoms with Crippen LogP contribution in [-0.2, 0) is 14.3 Å². The molecule has 0 unspecified atom stereocenters. The Hall–Kier alpha value is -1.10. The van der Waals surface area contributed by atoms with Crippen LogP contribution in [0, 0.1) is 11.3 Å². The topological polar surface area (TPSA) is 68.1 Å². The molecule has 1 aliphatic heterocycles. The average molecular weight is 269 g/mol. The van der Waals surface area contributed by atoms with Gasteiger partial charge in [0.05, 0.1) is 7.11 Å². The van der Waals surface area contributed by atoms with Crippen molar-refractivity contribution in [2.45, 2.75) is 51.7 Å². The molecule has 0 aromatic heterocycles. The van der Waals surface area contributed by atoms with Gasteiger partial charge in [-0.05, 0) is 19.8 Å². The van der Waals surface area contributed by atoms with E-state index in [0.29, 0.717) is 12.3 Å². The molecule has 0 saturated heterocycles. The number of carbonyl (C=O) groups is 1. The Morgan fingerprint density at radius 3 is 2.53 bits per heavy atom. The number of rotatable bonds is 1. The van der Waals surface area contributed by atoms with Crippen molar-refractivity contribution in [2.75, 3.05) is 13.7 Å². The van der Waals surface area contributed by atoms with E-state index in [1.165, 1.54) is 0 Å². The summed E-state index contributed by atoms with van der Waals surface area (Å²) in [5.74, 6) is -0.0524. The van der Waals surface area contributed by atoms with E-state index >= 15 is 0 Å². The average Bonchev–Trinajstić information content (AvgIpc) is 2.27. The Morgan fingerprint density at radius 2 is 2.16 bits per heavy atom. The molecule has 108 valence electrons. The van der Waals surface area contributed by atoms with Crippen LogP contribution in [0.3, 0.4) is 0 Å². The first-order chi connectivity index (χ1) is 8.71. The van der Waals surface area contributed by atoms with Crippen molar-refractivity contribution in [1.29, 1.82) is 0 Å². The molecule has 1 heterocycles. The van der Waals surface area contributed by atoms with Gasteiger partial charge in [-0.25, -0.2) is 9.79 Å². The number of aliphatic hydroxyl groups excluding tert-OH is 1. The van der Waals surface area contributed by atoms with Gasteiger partial charge in [-0.2, -0.15) is 0 Å². The summed E-state index contributed by atoms with van der Waals surface area (Å²) in [6, 6.07) is 0. The maximum atomic E-state index is 12.4. The maximum absolute atomic E-state index is 12.4. The Balaban J connectivity index is 2.47. The lowest BCUT2D eigenvalue weighted by Crippen LogP contribution is -2.65. The number of ether oxygens (including phenoxy) is 2. The van der Waals surface area contributed by atoms with Gasteiger partial charge in [0.25, 0.3) is 0 Å². The first-order valence-electron chi connectivity index (χ1n) is 6.70. The van der Waals surface area contributed by atoms with Gasteiger partial charge in [-0.1, -0.05) is 20.8 Å². The van der Waals surface area contributed by atoms with Crippen LogP contribution in [0.25, 0.3) is 0 Å².